The molecule has 0 heterocycles. The van der Waals surface area contributed by atoms with Gasteiger partial charge in [0.15, 0.2) is 0 Å². The van der Waals surface area contributed by atoms with Gasteiger partial charge in [-0.2, -0.15) is 0 Å². The Balaban J connectivity index is 4.65. The molecule has 92 valence electrons. The zero-order chi connectivity index (χ0) is 12.6. The van der Waals surface area contributed by atoms with Crippen molar-refractivity contribution >= 4 is 5.97 Å². The first kappa shape index (κ1) is 14.8. The zero-order valence-electron chi connectivity index (χ0n) is 9.50. The van der Waals surface area contributed by atoms with Crippen LogP contribution in [-0.4, -0.2) is 48.2 Å². The Morgan fingerprint density at radius 3 is 2.50 bits per heavy atom. The molecule has 0 aliphatic carbocycles. The second-order valence-electron chi connectivity index (χ2n) is 3.11. The van der Waals surface area contributed by atoms with Crippen LogP contribution < -0.4 is 0 Å². The fourth-order valence-corrected chi connectivity index (χ4v) is 1.17. The van der Waals surface area contributed by atoms with Gasteiger partial charge < -0.3 is 19.7 Å². The first-order chi connectivity index (χ1) is 7.56. The van der Waals surface area contributed by atoms with Crippen molar-refractivity contribution in [2.24, 2.45) is 0 Å². The van der Waals surface area contributed by atoms with E-state index in [-0.39, 0.29) is 6.61 Å². The largest absolute Gasteiger partial charge is 0.455 e. The maximum absolute atomic E-state index is 10.8. The van der Waals surface area contributed by atoms with Crippen molar-refractivity contribution in [3.63, 3.8) is 0 Å². The third-order valence-corrected chi connectivity index (χ3v) is 1.91. The highest BCUT2D eigenvalue weighted by molar-refractivity contribution is 5.66. The molecule has 0 rings (SSSR count). The Labute approximate surface area is 95.0 Å². The SMILES string of the molecule is C=C[C@H](OC)[C@@H](O)[C@@H](/C=C\CO)OC(C)=O. The van der Waals surface area contributed by atoms with Crippen molar-refractivity contribution in [1.82, 2.24) is 0 Å². The number of aliphatic hydroxyl groups excluding tert-OH is 2. The minimum Gasteiger partial charge on any atom is -0.455 e. The quantitative estimate of drug-likeness (QED) is 0.476. The minimum atomic E-state index is -1.06. The molecule has 16 heavy (non-hydrogen) atoms. The molecule has 0 fully saturated rings. The molecule has 0 aromatic heterocycles. The maximum atomic E-state index is 10.8. The van der Waals surface area contributed by atoms with Crippen LogP contribution in [0.15, 0.2) is 24.8 Å². The lowest BCUT2D eigenvalue weighted by Crippen LogP contribution is -2.38. The third kappa shape index (κ3) is 5.06. The highest BCUT2D eigenvalue weighted by atomic mass is 16.6. The van der Waals surface area contributed by atoms with E-state index in [1.165, 1.54) is 32.3 Å². The number of methoxy groups -OCH3 is 1. The van der Waals surface area contributed by atoms with Crippen molar-refractivity contribution in [2.45, 2.75) is 25.2 Å². The first-order valence-electron chi connectivity index (χ1n) is 4.85. The topological polar surface area (TPSA) is 76.0 Å². The Kier molecular flexibility index (Phi) is 7.45. The van der Waals surface area contributed by atoms with Crippen molar-refractivity contribution in [3.05, 3.63) is 24.8 Å². The lowest BCUT2D eigenvalue weighted by Gasteiger charge is -2.24. The Morgan fingerprint density at radius 1 is 1.50 bits per heavy atom. The van der Waals surface area contributed by atoms with Crippen LogP contribution in [0.2, 0.25) is 0 Å². The first-order valence-corrected chi connectivity index (χ1v) is 4.85. The van der Waals surface area contributed by atoms with Crippen molar-refractivity contribution in [3.8, 4) is 0 Å². The van der Waals surface area contributed by atoms with Crippen LogP contribution in [0.25, 0.3) is 0 Å². The van der Waals surface area contributed by atoms with Gasteiger partial charge in [0.25, 0.3) is 0 Å². The summed E-state index contributed by atoms with van der Waals surface area (Å²) in [6.45, 7) is 4.54. The number of aliphatic hydroxyl groups is 2. The highest BCUT2D eigenvalue weighted by Crippen LogP contribution is 2.10. The van der Waals surface area contributed by atoms with E-state index in [0.717, 1.165) is 0 Å². The van der Waals surface area contributed by atoms with Crippen molar-refractivity contribution < 1.29 is 24.5 Å². The molecule has 3 atom stereocenters. The van der Waals surface area contributed by atoms with E-state index >= 15 is 0 Å². The molecule has 0 bridgehead atoms. The molecule has 0 aliphatic heterocycles. The Bertz CT molecular complexity index is 249. The molecule has 5 heteroatoms. The number of carbonyl (C=O) groups excluding carboxylic acids is 1. The standard InChI is InChI=1S/C11H18O5/c1-4-9(15-3)11(14)10(6-5-7-12)16-8(2)13/h4-6,9-12,14H,1,7H2,2-3H3/b6-5-/t9-,10+,11+/m0/s1. The van der Waals surface area contributed by atoms with Crippen LogP contribution in [0.1, 0.15) is 6.92 Å². The number of esters is 1. The van der Waals surface area contributed by atoms with Crippen LogP contribution in [0.4, 0.5) is 0 Å². The predicted octanol–water partition coefficient (Wildman–Crippen LogP) is 0.0285. The second kappa shape index (κ2) is 8.04. The summed E-state index contributed by atoms with van der Waals surface area (Å²) in [6.07, 6.45) is 1.62. The Morgan fingerprint density at radius 2 is 2.12 bits per heavy atom. The van der Waals surface area contributed by atoms with Gasteiger partial charge in [0, 0.05) is 14.0 Å². The molecule has 0 saturated carbocycles. The van der Waals surface area contributed by atoms with Crippen LogP contribution in [0.5, 0.6) is 0 Å². The molecular weight excluding hydrogens is 212 g/mol. The molecular formula is C11H18O5. The molecule has 0 unspecified atom stereocenters. The number of hydrogen-bond donors (Lipinski definition) is 2. The van der Waals surface area contributed by atoms with Crippen molar-refractivity contribution in [1.29, 1.82) is 0 Å². The zero-order valence-corrected chi connectivity index (χ0v) is 9.50. The molecule has 0 aliphatic rings. The number of carbonyl (C=O) groups is 1. The summed E-state index contributed by atoms with van der Waals surface area (Å²) in [4.78, 5) is 10.8. The third-order valence-electron chi connectivity index (χ3n) is 1.91. The lowest BCUT2D eigenvalue weighted by atomic mass is 10.1. The molecule has 0 aromatic carbocycles. The van der Waals surface area contributed by atoms with Gasteiger partial charge in [-0.05, 0) is 6.08 Å². The fourth-order valence-electron chi connectivity index (χ4n) is 1.17. The van der Waals surface area contributed by atoms with Crippen LogP contribution >= 0.6 is 0 Å². The molecule has 0 radical (unpaired) electrons. The van der Waals surface area contributed by atoms with E-state index in [4.69, 9.17) is 14.6 Å². The van der Waals surface area contributed by atoms with Crippen molar-refractivity contribution in [2.75, 3.05) is 13.7 Å². The molecule has 0 spiro atoms. The average molecular weight is 230 g/mol. The molecule has 5 nitrogen and oxygen atoms in total. The maximum Gasteiger partial charge on any atom is 0.303 e. The van der Waals surface area contributed by atoms with E-state index in [1.54, 1.807) is 0 Å². The predicted molar refractivity (Wildman–Crippen MR) is 58.8 cm³/mol. The van der Waals surface area contributed by atoms with Gasteiger partial charge in [-0.25, -0.2) is 0 Å². The van der Waals surface area contributed by atoms with E-state index in [0.29, 0.717) is 0 Å². The van der Waals surface area contributed by atoms with Gasteiger partial charge in [0.1, 0.15) is 18.3 Å². The summed E-state index contributed by atoms with van der Waals surface area (Å²) < 4.78 is 9.83. The van der Waals surface area contributed by atoms with E-state index in [1.807, 2.05) is 0 Å². The average Bonchev–Trinajstić information content (AvgIpc) is 2.25. The van der Waals surface area contributed by atoms with Gasteiger partial charge in [-0.15, -0.1) is 6.58 Å². The van der Waals surface area contributed by atoms with Gasteiger partial charge in [-0.3, -0.25) is 4.79 Å². The normalized spacial score (nSPS) is 16.8. The minimum absolute atomic E-state index is 0.198. The molecule has 2 N–H and O–H groups in total. The van der Waals surface area contributed by atoms with Gasteiger partial charge in [-0.1, -0.05) is 12.2 Å². The number of hydrogen-bond acceptors (Lipinski definition) is 5. The smallest absolute Gasteiger partial charge is 0.303 e. The summed E-state index contributed by atoms with van der Waals surface area (Å²) in [5, 5.41) is 18.5. The summed E-state index contributed by atoms with van der Waals surface area (Å²) in [5.74, 6) is -0.523. The van der Waals surface area contributed by atoms with Gasteiger partial charge in [0.2, 0.25) is 0 Å². The van der Waals surface area contributed by atoms with Crippen LogP contribution in [0, 0.1) is 0 Å². The molecule has 0 saturated heterocycles. The van der Waals surface area contributed by atoms with Crippen LogP contribution in [-0.2, 0) is 14.3 Å². The molecule has 0 amide bonds. The van der Waals surface area contributed by atoms with E-state index in [2.05, 4.69) is 6.58 Å². The lowest BCUT2D eigenvalue weighted by molar-refractivity contribution is -0.152. The second-order valence-corrected chi connectivity index (χ2v) is 3.11. The summed E-state index contributed by atoms with van der Waals surface area (Å²) in [7, 11) is 1.41. The summed E-state index contributed by atoms with van der Waals surface area (Å²) in [5.41, 5.74) is 0. The van der Waals surface area contributed by atoms with E-state index < -0.39 is 24.3 Å². The number of rotatable bonds is 7. The number of ether oxygens (including phenoxy) is 2. The van der Waals surface area contributed by atoms with Gasteiger partial charge >= 0.3 is 5.97 Å². The molecule has 0 aromatic rings. The van der Waals surface area contributed by atoms with Gasteiger partial charge in [0.05, 0.1) is 6.61 Å². The van der Waals surface area contributed by atoms with E-state index in [9.17, 15) is 9.90 Å². The monoisotopic (exact) mass is 230 g/mol. The van der Waals surface area contributed by atoms with Crippen LogP contribution in [0.3, 0.4) is 0 Å². The Hall–Kier alpha value is -1.17. The summed E-state index contributed by atoms with van der Waals surface area (Å²) >= 11 is 0. The fraction of sp³-hybridized carbons (Fsp3) is 0.545. The highest BCUT2D eigenvalue weighted by Gasteiger charge is 2.26. The summed E-state index contributed by atoms with van der Waals surface area (Å²) in [6, 6.07) is 0.